The van der Waals surface area contributed by atoms with Crippen molar-refractivity contribution in [2.45, 2.75) is 52.4 Å². The third-order valence-corrected chi connectivity index (χ3v) is 3.91. The molecule has 0 saturated carbocycles. The van der Waals surface area contributed by atoms with Gasteiger partial charge in [-0.2, -0.15) is 0 Å². The van der Waals surface area contributed by atoms with Crippen molar-refractivity contribution in [1.82, 2.24) is 4.57 Å². The Balaban J connectivity index is 2.44. The Morgan fingerprint density at radius 2 is 1.70 bits per heavy atom. The molecule has 0 aliphatic carbocycles. The predicted molar refractivity (Wildman–Crippen MR) is 84.1 cm³/mol. The van der Waals surface area contributed by atoms with Gasteiger partial charge in [0.1, 0.15) is 0 Å². The standard InChI is InChI=1S/C17H24N2O/c1-3-5-6-7-12-16-14-11-9-8-10-13(14)15(4-2)19(16)17(18)20/h8-11H,3-7,12H2,1-2H3,(H2,18,20). The summed E-state index contributed by atoms with van der Waals surface area (Å²) in [5.74, 6) is 0. The van der Waals surface area contributed by atoms with E-state index in [0.717, 1.165) is 30.7 Å². The largest absolute Gasteiger partial charge is 0.351 e. The zero-order chi connectivity index (χ0) is 14.5. The first-order valence-electron chi connectivity index (χ1n) is 7.61. The minimum absolute atomic E-state index is 0.358. The number of nitrogens with zero attached hydrogens (tertiary/aromatic N) is 1. The van der Waals surface area contributed by atoms with E-state index in [0.29, 0.717) is 0 Å². The predicted octanol–water partition coefficient (Wildman–Crippen LogP) is 4.25. The van der Waals surface area contributed by atoms with Gasteiger partial charge in [0.05, 0.1) is 0 Å². The smallest absolute Gasteiger partial charge is 0.323 e. The number of aryl methyl sites for hydroxylation is 2. The second-order valence-electron chi connectivity index (χ2n) is 5.28. The van der Waals surface area contributed by atoms with Crippen LogP contribution in [0, 0.1) is 0 Å². The van der Waals surface area contributed by atoms with E-state index >= 15 is 0 Å². The maximum Gasteiger partial charge on any atom is 0.323 e. The fourth-order valence-electron chi connectivity index (χ4n) is 2.97. The van der Waals surface area contributed by atoms with Crippen LogP contribution in [-0.4, -0.2) is 10.6 Å². The van der Waals surface area contributed by atoms with Crippen molar-refractivity contribution < 1.29 is 4.79 Å². The molecule has 108 valence electrons. The summed E-state index contributed by atoms with van der Waals surface area (Å²) in [6.45, 7) is 4.28. The SMILES string of the molecule is CCCCCCc1c2ccccc2c(CC)n1C(N)=O. The number of rotatable bonds is 6. The van der Waals surface area contributed by atoms with E-state index in [-0.39, 0.29) is 6.03 Å². The second-order valence-corrected chi connectivity index (χ2v) is 5.28. The number of primary amides is 1. The highest BCUT2D eigenvalue weighted by atomic mass is 16.2. The topological polar surface area (TPSA) is 48.0 Å². The lowest BCUT2D eigenvalue weighted by Crippen LogP contribution is -2.23. The number of carbonyl (C=O) groups excluding carboxylic acids is 1. The van der Waals surface area contributed by atoms with Gasteiger partial charge in [-0.05, 0) is 19.3 Å². The monoisotopic (exact) mass is 272 g/mol. The maximum absolute atomic E-state index is 11.8. The maximum atomic E-state index is 11.8. The molecule has 2 N–H and O–H groups in total. The molecular weight excluding hydrogens is 248 g/mol. The lowest BCUT2D eigenvalue weighted by molar-refractivity contribution is 0.249. The van der Waals surface area contributed by atoms with E-state index in [1.54, 1.807) is 4.57 Å². The number of benzene rings is 1. The summed E-state index contributed by atoms with van der Waals surface area (Å²) in [5, 5.41) is 2.35. The number of amides is 1. The van der Waals surface area contributed by atoms with Crippen LogP contribution in [0.1, 0.15) is 50.9 Å². The Morgan fingerprint density at radius 3 is 2.25 bits per heavy atom. The van der Waals surface area contributed by atoms with E-state index in [9.17, 15) is 4.79 Å². The van der Waals surface area contributed by atoms with Crippen molar-refractivity contribution in [3.05, 3.63) is 35.7 Å². The van der Waals surface area contributed by atoms with E-state index < -0.39 is 0 Å². The molecule has 0 saturated heterocycles. The Hall–Kier alpha value is -1.77. The van der Waals surface area contributed by atoms with E-state index in [4.69, 9.17) is 5.73 Å². The van der Waals surface area contributed by atoms with Crippen molar-refractivity contribution in [2.75, 3.05) is 0 Å². The zero-order valence-electron chi connectivity index (χ0n) is 12.5. The Kier molecular flexibility index (Phi) is 4.83. The van der Waals surface area contributed by atoms with E-state index in [1.165, 1.54) is 30.0 Å². The molecular formula is C17H24N2O. The van der Waals surface area contributed by atoms with Crippen LogP contribution < -0.4 is 5.73 Å². The van der Waals surface area contributed by atoms with Crippen LogP contribution in [0.25, 0.3) is 10.8 Å². The number of aromatic nitrogens is 1. The molecule has 1 amide bonds. The highest BCUT2D eigenvalue weighted by Crippen LogP contribution is 2.28. The van der Waals surface area contributed by atoms with Gasteiger partial charge in [-0.1, -0.05) is 57.4 Å². The second kappa shape index (κ2) is 6.60. The van der Waals surface area contributed by atoms with Crippen LogP contribution in [0.5, 0.6) is 0 Å². The third kappa shape index (κ3) is 2.72. The number of unbranched alkanes of at least 4 members (excludes halogenated alkanes) is 3. The molecule has 0 spiro atoms. The minimum Gasteiger partial charge on any atom is -0.351 e. The van der Waals surface area contributed by atoms with Crippen LogP contribution in [0.2, 0.25) is 0 Å². The first kappa shape index (κ1) is 14.6. The number of carbonyl (C=O) groups is 1. The summed E-state index contributed by atoms with van der Waals surface area (Å²) in [7, 11) is 0. The van der Waals surface area contributed by atoms with Crippen LogP contribution in [0.15, 0.2) is 24.3 Å². The minimum atomic E-state index is -0.358. The van der Waals surface area contributed by atoms with Crippen LogP contribution in [0.3, 0.4) is 0 Å². The average Bonchev–Trinajstić information content (AvgIpc) is 2.77. The molecule has 0 aliphatic rings. The van der Waals surface area contributed by atoms with Gasteiger partial charge in [0.25, 0.3) is 0 Å². The molecule has 1 aromatic carbocycles. The van der Waals surface area contributed by atoms with Gasteiger partial charge in [0, 0.05) is 22.2 Å². The van der Waals surface area contributed by atoms with Gasteiger partial charge in [-0.3, -0.25) is 4.57 Å². The lowest BCUT2D eigenvalue weighted by atomic mass is 10.1. The highest BCUT2D eigenvalue weighted by molar-refractivity contribution is 5.94. The van der Waals surface area contributed by atoms with Crippen molar-refractivity contribution >= 4 is 16.8 Å². The van der Waals surface area contributed by atoms with Crippen molar-refractivity contribution in [1.29, 1.82) is 0 Å². The van der Waals surface area contributed by atoms with Gasteiger partial charge in [-0.25, -0.2) is 4.79 Å². The summed E-state index contributed by atoms with van der Waals surface area (Å²) in [4.78, 5) is 11.8. The van der Waals surface area contributed by atoms with Crippen molar-refractivity contribution in [2.24, 2.45) is 5.73 Å². The van der Waals surface area contributed by atoms with Gasteiger partial charge in [0.15, 0.2) is 0 Å². The molecule has 0 bridgehead atoms. The quantitative estimate of drug-likeness (QED) is 0.785. The molecule has 0 fully saturated rings. The molecule has 3 heteroatoms. The summed E-state index contributed by atoms with van der Waals surface area (Å²) < 4.78 is 1.73. The molecule has 0 aliphatic heterocycles. The van der Waals surface area contributed by atoms with Crippen LogP contribution >= 0.6 is 0 Å². The fraction of sp³-hybridized carbons (Fsp3) is 0.471. The summed E-state index contributed by atoms with van der Waals surface area (Å²) in [5.41, 5.74) is 7.73. The highest BCUT2D eigenvalue weighted by Gasteiger charge is 2.17. The normalized spacial score (nSPS) is 11.1. The van der Waals surface area contributed by atoms with E-state index in [2.05, 4.69) is 26.0 Å². The Bertz CT molecular complexity index is 598. The first-order chi connectivity index (χ1) is 9.70. The fourth-order valence-corrected chi connectivity index (χ4v) is 2.97. The molecule has 20 heavy (non-hydrogen) atoms. The van der Waals surface area contributed by atoms with Crippen LogP contribution in [0.4, 0.5) is 4.79 Å². The van der Waals surface area contributed by atoms with Crippen LogP contribution in [-0.2, 0) is 12.8 Å². The van der Waals surface area contributed by atoms with Gasteiger partial charge < -0.3 is 5.73 Å². The number of nitrogens with two attached hydrogens (primary N) is 1. The van der Waals surface area contributed by atoms with Crippen molar-refractivity contribution in [3.63, 3.8) is 0 Å². The van der Waals surface area contributed by atoms with Gasteiger partial charge in [-0.15, -0.1) is 0 Å². The summed E-state index contributed by atoms with van der Waals surface area (Å²) >= 11 is 0. The third-order valence-electron chi connectivity index (χ3n) is 3.91. The molecule has 1 aromatic heterocycles. The summed E-state index contributed by atoms with van der Waals surface area (Å²) in [6, 6.07) is 7.88. The Morgan fingerprint density at radius 1 is 1.05 bits per heavy atom. The molecule has 3 nitrogen and oxygen atoms in total. The number of hydrogen-bond acceptors (Lipinski definition) is 1. The molecule has 2 rings (SSSR count). The molecule has 1 heterocycles. The summed E-state index contributed by atoms with van der Waals surface area (Å²) in [6.07, 6.45) is 6.52. The molecule has 2 aromatic rings. The number of hydrogen-bond donors (Lipinski definition) is 1. The number of fused-ring (bicyclic) bond motifs is 1. The van der Waals surface area contributed by atoms with Gasteiger partial charge in [0.2, 0.25) is 0 Å². The molecule has 0 radical (unpaired) electrons. The lowest BCUT2D eigenvalue weighted by Gasteiger charge is -2.08. The van der Waals surface area contributed by atoms with E-state index in [1.807, 2.05) is 12.1 Å². The Labute approximate surface area is 120 Å². The first-order valence-corrected chi connectivity index (χ1v) is 7.61. The zero-order valence-corrected chi connectivity index (χ0v) is 12.5. The molecule has 0 atom stereocenters. The molecule has 0 unspecified atom stereocenters. The average molecular weight is 272 g/mol. The van der Waals surface area contributed by atoms with Crippen molar-refractivity contribution in [3.8, 4) is 0 Å². The van der Waals surface area contributed by atoms with Gasteiger partial charge >= 0.3 is 6.03 Å².